The molecule has 97 valence electrons. The number of nitrogens with zero attached hydrogens (tertiary/aromatic N) is 1. The Morgan fingerprint density at radius 2 is 1.79 bits per heavy atom. The van der Waals surface area contributed by atoms with Crippen molar-refractivity contribution in [1.29, 1.82) is 0 Å². The van der Waals surface area contributed by atoms with Gasteiger partial charge in [-0.15, -0.1) is 0 Å². The van der Waals surface area contributed by atoms with Gasteiger partial charge < -0.3 is 0 Å². The van der Waals surface area contributed by atoms with Gasteiger partial charge in [0.05, 0.1) is 6.42 Å². The summed E-state index contributed by atoms with van der Waals surface area (Å²) in [6.45, 7) is 0. The monoisotopic (exact) mass is 324 g/mol. The minimum atomic E-state index is -1.00. The van der Waals surface area contributed by atoms with Crippen molar-refractivity contribution in [2.24, 2.45) is 0 Å². The third-order valence-corrected chi connectivity index (χ3v) is 2.76. The Kier molecular flexibility index (Phi) is 6.96. The topological polar surface area (TPSA) is 30.0 Å². The van der Waals surface area contributed by atoms with Crippen LogP contribution in [0.2, 0.25) is 0 Å². The first-order valence-electron chi connectivity index (χ1n) is 5.38. The molecule has 1 aromatic carbocycles. The van der Waals surface area contributed by atoms with E-state index in [9.17, 15) is 13.4 Å². The molecule has 0 aliphatic rings. The molecule has 19 heavy (non-hydrogen) atoms. The molecule has 1 radical (unpaired) electrons. The molecule has 0 aliphatic carbocycles. The fourth-order valence-electron chi connectivity index (χ4n) is 1.41. The molecule has 0 saturated heterocycles. The molecule has 2 rings (SSSR count). The van der Waals surface area contributed by atoms with Crippen molar-refractivity contribution in [3.05, 3.63) is 64.4 Å². The van der Waals surface area contributed by atoms with Crippen LogP contribution in [0, 0.1) is 0 Å². The van der Waals surface area contributed by atoms with Crippen molar-refractivity contribution in [1.82, 2.24) is 4.98 Å². The van der Waals surface area contributed by atoms with Gasteiger partial charge in [-0.2, -0.15) is 0 Å². The lowest BCUT2D eigenvalue weighted by Crippen LogP contribution is -2.04. The zero-order valence-corrected chi connectivity index (χ0v) is 11.5. The van der Waals surface area contributed by atoms with Gasteiger partial charge in [0.1, 0.15) is 0 Å². The Balaban J connectivity index is 0.000000550. The minimum absolute atomic E-state index is 0.0891. The molecule has 0 spiro atoms. The van der Waals surface area contributed by atoms with Crippen LogP contribution in [-0.2, 0) is 6.42 Å². The summed E-state index contributed by atoms with van der Waals surface area (Å²) < 4.78 is 20.0. The minimum Gasteiger partial charge on any atom is -0.294 e. The van der Waals surface area contributed by atoms with E-state index >= 15 is 0 Å². The first kappa shape index (κ1) is 15.5. The van der Waals surface area contributed by atoms with Gasteiger partial charge in [-0.3, -0.25) is 18.4 Å². The fourth-order valence-corrected chi connectivity index (χ4v) is 1.67. The summed E-state index contributed by atoms with van der Waals surface area (Å²) >= 11 is 3.34. The Labute approximate surface area is 119 Å². The van der Waals surface area contributed by atoms with Gasteiger partial charge in [0.2, 0.25) is 0 Å². The van der Waals surface area contributed by atoms with Crippen molar-refractivity contribution >= 4 is 29.5 Å². The summed E-state index contributed by atoms with van der Waals surface area (Å²) in [5.41, 5.74) is 1.52. The third kappa shape index (κ3) is 5.74. The highest BCUT2D eigenvalue weighted by molar-refractivity contribution is 9.10. The zero-order chi connectivity index (χ0) is 14.1. The molecule has 1 heterocycles. The van der Waals surface area contributed by atoms with Gasteiger partial charge in [0.15, 0.2) is 5.78 Å². The smallest absolute Gasteiger partial charge is 0.294 e. The van der Waals surface area contributed by atoms with Crippen LogP contribution >= 0.6 is 15.9 Å². The number of carbonyl (C=O) groups is 1. The second-order valence-electron chi connectivity index (χ2n) is 3.51. The highest BCUT2D eigenvalue weighted by Crippen LogP contribution is 2.12. The van der Waals surface area contributed by atoms with Gasteiger partial charge in [-0.25, -0.2) is 0 Å². The molecule has 0 aliphatic heterocycles. The van der Waals surface area contributed by atoms with E-state index in [1.165, 1.54) is 0 Å². The lowest BCUT2D eigenvalue weighted by molar-refractivity contribution is 0.0992. The highest BCUT2D eigenvalue weighted by atomic mass is 79.9. The second-order valence-corrected chi connectivity index (χ2v) is 4.43. The second kappa shape index (κ2) is 8.53. The summed E-state index contributed by atoms with van der Waals surface area (Å²) in [7, 11) is -1.00. The molecule has 0 amide bonds. The number of rotatable bonds is 3. The lowest BCUT2D eigenvalue weighted by atomic mass is 10.1. The molecule has 0 atom stereocenters. The molecule has 0 bridgehead atoms. The molecule has 0 N–H and O–H groups in total. The van der Waals surface area contributed by atoms with E-state index in [2.05, 4.69) is 20.9 Å². The van der Waals surface area contributed by atoms with E-state index in [1.807, 2.05) is 42.5 Å². The number of ketones is 1. The van der Waals surface area contributed by atoms with Gasteiger partial charge in [0.25, 0.3) is 0 Å². The summed E-state index contributed by atoms with van der Waals surface area (Å²) in [4.78, 5) is 16.0. The maximum absolute atomic E-state index is 11.9. The molecule has 2 aromatic rings. The van der Waals surface area contributed by atoms with Gasteiger partial charge in [-0.1, -0.05) is 34.1 Å². The summed E-state index contributed by atoms with van der Waals surface area (Å²) in [6, 6.07) is 12.9. The maximum Gasteiger partial charge on any atom is 0.577 e. The van der Waals surface area contributed by atoms with Crippen LogP contribution in [0.1, 0.15) is 16.1 Å². The third-order valence-electron chi connectivity index (χ3n) is 2.23. The summed E-state index contributed by atoms with van der Waals surface area (Å²) in [6.07, 6.45) is 2.05. The van der Waals surface area contributed by atoms with Gasteiger partial charge in [0, 0.05) is 21.9 Å². The molecule has 1 aromatic heterocycles. The van der Waals surface area contributed by atoms with Crippen molar-refractivity contribution in [3.8, 4) is 0 Å². The Morgan fingerprint density at radius 1 is 1.16 bits per heavy atom. The number of aromatic nitrogens is 1. The average molecular weight is 325 g/mol. The maximum atomic E-state index is 11.9. The number of Topliss-reactive ketones (excluding diaryl/α,β-unsaturated/α-hetero) is 1. The molecular weight excluding hydrogens is 315 g/mol. The predicted octanol–water partition coefficient (Wildman–Crippen LogP) is 3.73. The fraction of sp³-hybridized carbons (Fsp3) is 0.0769. The number of hydrogen-bond donors (Lipinski definition) is 0. The van der Waals surface area contributed by atoms with Crippen LogP contribution in [0.3, 0.4) is 0 Å². The van der Waals surface area contributed by atoms with E-state index in [4.69, 9.17) is 0 Å². The van der Waals surface area contributed by atoms with E-state index in [0.29, 0.717) is 12.0 Å². The zero-order valence-electron chi connectivity index (χ0n) is 9.89. The Hall–Kier alpha value is -1.56. The summed E-state index contributed by atoms with van der Waals surface area (Å²) in [5, 5.41) is 0. The Bertz CT molecular complexity index is 508. The SMILES string of the molecule is F[B]F.O=C(Cc1ccccn1)c1ccc(Br)cc1. The average Bonchev–Trinajstić information content (AvgIpc) is 2.41. The number of hydrogen-bond acceptors (Lipinski definition) is 2. The number of halogens is 3. The molecule has 2 nitrogen and oxygen atoms in total. The van der Waals surface area contributed by atoms with Crippen molar-refractivity contribution in [2.75, 3.05) is 0 Å². The van der Waals surface area contributed by atoms with Crippen LogP contribution in [0.5, 0.6) is 0 Å². The Morgan fingerprint density at radius 3 is 2.32 bits per heavy atom. The van der Waals surface area contributed by atoms with Crippen molar-refractivity contribution in [3.63, 3.8) is 0 Å². The van der Waals surface area contributed by atoms with Gasteiger partial charge >= 0.3 is 7.83 Å². The number of benzene rings is 1. The van der Waals surface area contributed by atoms with Crippen LogP contribution in [0.15, 0.2) is 53.1 Å². The van der Waals surface area contributed by atoms with Crippen LogP contribution < -0.4 is 0 Å². The van der Waals surface area contributed by atoms with Crippen molar-refractivity contribution < 1.29 is 13.4 Å². The summed E-state index contributed by atoms with van der Waals surface area (Å²) in [5.74, 6) is 0.0891. The highest BCUT2D eigenvalue weighted by Gasteiger charge is 2.06. The van der Waals surface area contributed by atoms with Crippen LogP contribution in [0.4, 0.5) is 8.63 Å². The van der Waals surface area contributed by atoms with E-state index in [0.717, 1.165) is 10.2 Å². The largest absolute Gasteiger partial charge is 0.577 e. The molecule has 0 fully saturated rings. The molecule has 0 saturated carbocycles. The molecule has 6 heteroatoms. The number of pyridine rings is 1. The quantitative estimate of drug-likeness (QED) is 0.636. The van der Waals surface area contributed by atoms with E-state index < -0.39 is 7.83 Å². The molecular formula is C13H10BBrF2NO. The van der Waals surface area contributed by atoms with Crippen molar-refractivity contribution in [2.45, 2.75) is 6.42 Å². The predicted molar refractivity (Wildman–Crippen MR) is 74.4 cm³/mol. The first-order valence-corrected chi connectivity index (χ1v) is 6.17. The van der Waals surface area contributed by atoms with Gasteiger partial charge in [-0.05, 0) is 24.3 Å². The van der Waals surface area contributed by atoms with Crippen LogP contribution in [-0.4, -0.2) is 18.6 Å². The molecule has 0 unspecified atom stereocenters. The van der Waals surface area contributed by atoms with Crippen LogP contribution in [0.25, 0.3) is 0 Å². The normalized spacial score (nSPS) is 9.21. The van der Waals surface area contributed by atoms with E-state index in [-0.39, 0.29) is 5.78 Å². The van der Waals surface area contributed by atoms with E-state index in [1.54, 1.807) is 6.20 Å². The number of carbonyl (C=O) groups excluding carboxylic acids is 1. The standard InChI is InChI=1S/C13H10BrNO.BF2/c14-11-6-4-10(5-7-11)13(16)9-12-3-1-2-8-15-12;2-1-3/h1-8H,9H2;. The lowest BCUT2D eigenvalue weighted by Gasteiger charge is -2.00. The first-order chi connectivity index (χ1) is 9.17.